The average Bonchev–Trinajstić information content (AvgIpc) is 3.34. The minimum Gasteiger partial charge on any atom is -0.259 e. The van der Waals surface area contributed by atoms with E-state index >= 15 is 0 Å². The number of rotatable bonds is 4. The molecule has 0 N–H and O–H groups in total. The Morgan fingerprint density at radius 3 is 2.33 bits per heavy atom. The summed E-state index contributed by atoms with van der Waals surface area (Å²) in [7, 11) is -3.48. The first-order valence-electron chi connectivity index (χ1n) is 12.0. The van der Waals surface area contributed by atoms with E-state index in [0.717, 1.165) is 22.5 Å². The van der Waals surface area contributed by atoms with Gasteiger partial charge in [-0.05, 0) is 68.4 Å². The predicted octanol–water partition coefficient (Wildman–Crippen LogP) is 6.06. The zero-order chi connectivity index (χ0) is 23.2. The SMILES string of the molecule is CC(C)(C)n1nc(CN2Cc3ccccc3S2(=O)=O)cc1-c1ccc(C2CCCCC2)cc1. The number of hydrogen-bond donors (Lipinski definition) is 0. The van der Waals surface area contributed by atoms with Gasteiger partial charge in [0.25, 0.3) is 0 Å². The van der Waals surface area contributed by atoms with E-state index in [9.17, 15) is 8.42 Å². The highest BCUT2D eigenvalue weighted by molar-refractivity contribution is 7.89. The highest BCUT2D eigenvalue weighted by Gasteiger charge is 2.35. The Balaban J connectivity index is 1.44. The van der Waals surface area contributed by atoms with E-state index in [4.69, 9.17) is 5.10 Å². The molecule has 0 atom stereocenters. The highest BCUT2D eigenvalue weighted by Crippen LogP contribution is 2.35. The smallest absolute Gasteiger partial charge is 0.244 e. The molecule has 1 aromatic heterocycles. The van der Waals surface area contributed by atoms with Gasteiger partial charge in [-0.3, -0.25) is 4.68 Å². The number of nitrogens with zero attached hydrogens (tertiary/aromatic N) is 3. The van der Waals surface area contributed by atoms with Crippen molar-refractivity contribution < 1.29 is 8.42 Å². The summed E-state index contributed by atoms with van der Waals surface area (Å²) in [6.07, 6.45) is 6.60. The van der Waals surface area contributed by atoms with Crippen LogP contribution in [0.1, 0.15) is 75.6 Å². The lowest BCUT2D eigenvalue weighted by Gasteiger charge is -2.24. The maximum Gasteiger partial charge on any atom is 0.244 e. The summed E-state index contributed by atoms with van der Waals surface area (Å²) in [5, 5.41) is 4.87. The predicted molar refractivity (Wildman–Crippen MR) is 131 cm³/mol. The molecule has 33 heavy (non-hydrogen) atoms. The van der Waals surface area contributed by atoms with Gasteiger partial charge >= 0.3 is 0 Å². The molecule has 5 rings (SSSR count). The normalized spacial score (nSPS) is 19.0. The number of benzene rings is 2. The van der Waals surface area contributed by atoms with Crippen molar-refractivity contribution in [1.82, 2.24) is 14.1 Å². The molecule has 0 radical (unpaired) electrons. The molecule has 1 saturated carbocycles. The molecule has 2 heterocycles. The van der Waals surface area contributed by atoms with Crippen molar-refractivity contribution in [3.63, 3.8) is 0 Å². The first-order chi connectivity index (χ1) is 15.7. The summed E-state index contributed by atoms with van der Waals surface area (Å²) in [6.45, 7) is 7.06. The van der Waals surface area contributed by atoms with Crippen LogP contribution in [0.25, 0.3) is 11.3 Å². The second kappa shape index (κ2) is 8.41. The van der Waals surface area contributed by atoms with E-state index in [1.165, 1.54) is 42.0 Å². The molecule has 2 aromatic carbocycles. The van der Waals surface area contributed by atoms with E-state index in [0.29, 0.717) is 17.4 Å². The molecule has 2 aliphatic rings. The van der Waals surface area contributed by atoms with Crippen LogP contribution in [-0.4, -0.2) is 22.5 Å². The maximum atomic E-state index is 13.0. The minimum absolute atomic E-state index is 0.220. The molecular formula is C27H33N3O2S. The van der Waals surface area contributed by atoms with E-state index in [-0.39, 0.29) is 12.1 Å². The number of aromatic nitrogens is 2. The molecule has 1 aliphatic heterocycles. The third-order valence-corrected chi connectivity index (χ3v) is 8.85. The lowest BCUT2D eigenvalue weighted by atomic mass is 9.84. The van der Waals surface area contributed by atoms with Crippen molar-refractivity contribution in [3.8, 4) is 11.3 Å². The van der Waals surface area contributed by atoms with Crippen LogP contribution in [0, 0.1) is 0 Å². The summed E-state index contributed by atoms with van der Waals surface area (Å²) in [5.74, 6) is 0.679. The summed E-state index contributed by atoms with van der Waals surface area (Å²) in [5.41, 5.74) is 4.99. The van der Waals surface area contributed by atoms with Crippen molar-refractivity contribution in [3.05, 3.63) is 71.4 Å². The van der Waals surface area contributed by atoms with Gasteiger partial charge in [0.15, 0.2) is 0 Å². The van der Waals surface area contributed by atoms with Crippen molar-refractivity contribution in [2.75, 3.05) is 0 Å². The lowest BCUT2D eigenvalue weighted by Crippen LogP contribution is -2.26. The van der Waals surface area contributed by atoms with Crippen LogP contribution in [-0.2, 0) is 28.7 Å². The molecular weight excluding hydrogens is 430 g/mol. The molecule has 0 spiro atoms. The zero-order valence-corrected chi connectivity index (χ0v) is 20.6. The molecule has 1 fully saturated rings. The molecule has 0 saturated heterocycles. The Morgan fingerprint density at radius 1 is 0.970 bits per heavy atom. The summed E-state index contributed by atoms with van der Waals surface area (Å²) in [6, 6.07) is 18.3. The zero-order valence-electron chi connectivity index (χ0n) is 19.8. The Labute approximate surface area is 197 Å². The van der Waals surface area contributed by atoms with Crippen LogP contribution in [0.15, 0.2) is 59.5 Å². The number of fused-ring (bicyclic) bond motifs is 1. The Hall–Kier alpha value is -2.44. The van der Waals surface area contributed by atoms with E-state index in [2.05, 4.69) is 51.1 Å². The lowest BCUT2D eigenvalue weighted by molar-refractivity contribution is 0.350. The van der Waals surface area contributed by atoms with Gasteiger partial charge in [-0.1, -0.05) is 61.7 Å². The highest BCUT2D eigenvalue weighted by atomic mass is 32.2. The van der Waals surface area contributed by atoms with Crippen LogP contribution in [0.3, 0.4) is 0 Å². The van der Waals surface area contributed by atoms with Crippen LogP contribution >= 0.6 is 0 Å². The van der Waals surface area contributed by atoms with Crippen LogP contribution in [0.4, 0.5) is 0 Å². The van der Waals surface area contributed by atoms with E-state index in [1.54, 1.807) is 12.1 Å². The first kappa shape index (κ1) is 22.4. The van der Waals surface area contributed by atoms with Crippen molar-refractivity contribution in [2.45, 2.75) is 82.3 Å². The van der Waals surface area contributed by atoms with Crippen molar-refractivity contribution >= 4 is 10.0 Å². The van der Waals surface area contributed by atoms with Crippen molar-refractivity contribution in [2.24, 2.45) is 0 Å². The first-order valence-corrected chi connectivity index (χ1v) is 13.5. The van der Waals surface area contributed by atoms with Gasteiger partial charge in [0.2, 0.25) is 10.0 Å². The molecule has 3 aromatic rings. The Kier molecular flexibility index (Phi) is 5.69. The monoisotopic (exact) mass is 463 g/mol. The quantitative estimate of drug-likeness (QED) is 0.473. The summed E-state index contributed by atoms with van der Waals surface area (Å²) >= 11 is 0. The average molecular weight is 464 g/mol. The molecule has 1 aliphatic carbocycles. The van der Waals surface area contributed by atoms with E-state index < -0.39 is 10.0 Å². The summed E-state index contributed by atoms with van der Waals surface area (Å²) < 4.78 is 29.6. The van der Waals surface area contributed by atoms with Gasteiger partial charge in [-0.2, -0.15) is 9.40 Å². The molecule has 174 valence electrons. The third-order valence-electron chi connectivity index (χ3n) is 6.95. The third kappa shape index (κ3) is 4.26. The molecule has 6 heteroatoms. The van der Waals surface area contributed by atoms with Gasteiger partial charge in [0, 0.05) is 6.54 Å². The molecule has 0 amide bonds. The van der Waals surface area contributed by atoms with Gasteiger partial charge < -0.3 is 0 Å². The number of hydrogen-bond acceptors (Lipinski definition) is 3. The molecule has 0 unspecified atom stereocenters. The number of sulfonamides is 1. The van der Waals surface area contributed by atoms with Crippen LogP contribution in [0.5, 0.6) is 0 Å². The second-order valence-electron chi connectivity index (χ2n) is 10.4. The fraction of sp³-hybridized carbons (Fsp3) is 0.444. The van der Waals surface area contributed by atoms with Gasteiger partial charge in [0.05, 0.1) is 28.4 Å². The fourth-order valence-corrected chi connectivity index (χ4v) is 6.81. The van der Waals surface area contributed by atoms with Gasteiger partial charge in [-0.15, -0.1) is 0 Å². The van der Waals surface area contributed by atoms with Gasteiger partial charge in [-0.25, -0.2) is 8.42 Å². The summed E-state index contributed by atoms with van der Waals surface area (Å²) in [4.78, 5) is 0.416. The Morgan fingerprint density at radius 2 is 1.67 bits per heavy atom. The van der Waals surface area contributed by atoms with Crippen LogP contribution < -0.4 is 0 Å². The standard InChI is InChI=1S/C27H33N3O2S/c1-27(2,3)30-25(22-15-13-21(14-16-22)20-9-5-4-6-10-20)17-24(28-30)19-29-18-23-11-7-8-12-26(23)33(29,31)32/h7-8,11-17,20H,4-6,9-10,18-19H2,1-3H3. The topological polar surface area (TPSA) is 55.2 Å². The van der Waals surface area contributed by atoms with Crippen LogP contribution in [0.2, 0.25) is 0 Å². The molecule has 5 nitrogen and oxygen atoms in total. The van der Waals surface area contributed by atoms with Crippen molar-refractivity contribution in [1.29, 1.82) is 0 Å². The maximum absolute atomic E-state index is 13.0. The Bertz CT molecular complexity index is 1250. The van der Waals surface area contributed by atoms with E-state index in [1.807, 2.05) is 16.8 Å². The fourth-order valence-electron chi connectivity index (χ4n) is 5.21. The largest absolute Gasteiger partial charge is 0.259 e. The molecule has 0 bridgehead atoms. The minimum atomic E-state index is -3.48. The van der Waals surface area contributed by atoms with Gasteiger partial charge in [0.1, 0.15) is 0 Å². The second-order valence-corrected chi connectivity index (χ2v) is 12.3.